The minimum atomic E-state index is -0.140. The Morgan fingerprint density at radius 1 is 1.24 bits per heavy atom. The molecule has 0 radical (unpaired) electrons. The topological polar surface area (TPSA) is 48.1 Å². The van der Waals surface area contributed by atoms with Crippen molar-refractivity contribution >= 4 is 16.8 Å². The number of carbonyl (C=O) groups excluding carboxylic acids is 1. The molecule has 1 aromatic heterocycles. The number of nitrogens with zero attached hydrogens (tertiary/aromatic N) is 1. The number of fused-ring (bicyclic) bond motifs is 1. The summed E-state index contributed by atoms with van der Waals surface area (Å²) in [5, 5.41) is 4.70. The second-order valence-electron chi connectivity index (χ2n) is 7.00. The first-order chi connectivity index (χ1) is 9.88. The van der Waals surface area contributed by atoms with Crippen molar-refractivity contribution in [1.82, 2.24) is 15.2 Å². The van der Waals surface area contributed by atoms with Crippen molar-refractivity contribution in [3.05, 3.63) is 36.0 Å². The van der Waals surface area contributed by atoms with Crippen LogP contribution in [0.4, 0.5) is 0 Å². The Morgan fingerprint density at radius 2 is 1.95 bits per heavy atom. The van der Waals surface area contributed by atoms with Crippen LogP contribution in [0.2, 0.25) is 0 Å². The molecule has 1 unspecified atom stereocenters. The van der Waals surface area contributed by atoms with Crippen LogP contribution in [0.3, 0.4) is 0 Å². The molecule has 1 aliphatic rings. The minimum absolute atomic E-state index is 0.0272. The molecule has 21 heavy (non-hydrogen) atoms. The van der Waals surface area contributed by atoms with Crippen LogP contribution < -0.4 is 5.32 Å². The molecule has 0 spiro atoms. The van der Waals surface area contributed by atoms with Crippen LogP contribution in [0, 0.1) is 5.41 Å². The van der Waals surface area contributed by atoms with E-state index in [9.17, 15) is 4.79 Å². The first-order valence-corrected chi connectivity index (χ1v) is 7.45. The number of aromatic amines is 1. The first kappa shape index (κ1) is 14.1. The van der Waals surface area contributed by atoms with Crippen molar-refractivity contribution in [2.45, 2.75) is 39.4 Å². The van der Waals surface area contributed by atoms with Crippen molar-refractivity contribution < 1.29 is 4.79 Å². The lowest BCUT2D eigenvalue weighted by Crippen LogP contribution is -2.45. The molecule has 1 aromatic carbocycles. The van der Waals surface area contributed by atoms with Gasteiger partial charge in [0.25, 0.3) is 0 Å². The summed E-state index contributed by atoms with van der Waals surface area (Å²) in [6.07, 6.45) is 2.82. The van der Waals surface area contributed by atoms with Crippen LogP contribution in [0.1, 0.15) is 26.3 Å². The molecule has 4 nitrogen and oxygen atoms in total. The number of nitrogens with one attached hydrogen (secondary N) is 2. The fourth-order valence-corrected chi connectivity index (χ4v) is 3.24. The summed E-state index contributed by atoms with van der Waals surface area (Å²) in [6, 6.07) is 8.08. The Bertz CT molecular complexity index is 668. The maximum absolute atomic E-state index is 12.5. The highest BCUT2D eigenvalue weighted by Gasteiger charge is 2.42. The molecule has 4 heteroatoms. The Morgan fingerprint density at radius 3 is 2.62 bits per heavy atom. The highest BCUT2D eigenvalue weighted by molar-refractivity contribution is 5.87. The Labute approximate surface area is 125 Å². The number of aromatic nitrogens is 1. The monoisotopic (exact) mass is 285 g/mol. The molecule has 1 amide bonds. The molecular weight excluding hydrogens is 262 g/mol. The molecule has 2 aromatic rings. The zero-order chi connectivity index (χ0) is 15.2. The number of hydrogen-bond acceptors (Lipinski definition) is 2. The minimum Gasteiger partial charge on any atom is -0.361 e. The average Bonchev–Trinajstić information content (AvgIpc) is 2.95. The van der Waals surface area contributed by atoms with Crippen LogP contribution >= 0.6 is 0 Å². The van der Waals surface area contributed by atoms with Crippen molar-refractivity contribution in [3.8, 4) is 0 Å². The summed E-state index contributed by atoms with van der Waals surface area (Å²) in [5.74, 6) is 0.181. The highest BCUT2D eigenvalue weighted by atomic mass is 16.2. The van der Waals surface area contributed by atoms with E-state index >= 15 is 0 Å². The smallest absolute Gasteiger partial charge is 0.241 e. The van der Waals surface area contributed by atoms with E-state index in [2.05, 4.69) is 43.2 Å². The predicted molar refractivity (Wildman–Crippen MR) is 84.9 cm³/mol. The molecule has 0 aliphatic carbocycles. The van der Waals surface area contributed by atoms with Gasteiger partial charge < -0.3 is 9.88 Å². The SMILES string of the molecule is CN1C(=O)[C@H](Cc2c[nH]c3ccccc23)NC1C(C)(C)C. The van der Waals surface area contributed by atoms with Crippen LogP contribution in [0.5, 0.6) is 0 Å². The third-order valence-corrected chi connectivity index (χ3v) is 4.31. The van der Waals surface area contributed by atoms with Crippen molar-refractivity contribution in [1.29, 1.82) is 0 Å². The summed E-state index contributed by atoms with van der Waals surface area (Å²) in [5.41, 5.74) is 2.34. The first-order valence-electron chi connectivity index (χ1n) is 7.45. The second kappa shape index (κ2) is 4.88. The van der Waals surface area contributed by atoms with Gasteiger partial charge in [0.2, 0.25) is 5.91 Å². The molecule has 0 bridgehead atoms. The van der Waals surface area contributed by atoms with Crippen LogP contribution in [0.25, 0.3) is 10.9 Å². The van der Waals surface area contributed by atoms with Gasteiger partial charge in [0.1, 0.15) is 0 Å². The fraction of sp³-hybridized carbons (Fsp3) is 0.471. The number of rotatable bonds is 2. The van der Waals surface area contributed by atoms with Crippen molar-refractivity contribution in [2.75, 3.05) is 7.05 Å². The highest BCUT2D eigenvalue weighted by Crippen LogP contribution is 2.28. The number of para-hydroxylation sites is 1. The Kier molecular flexibility index (Phi) is 3.29. The van der Waals surface area contributed by atoms with Crippen molar-refractivity contribution in [3.63, 3.8) is 0 Å². The zero-order valence-corrected chi connectivity index (χ0v) is 13.1. The Hall–Kier alpha value is -1.81. The predicted octanol–water partition coefficient (Wildman–Crippen LogP) is 2.51. The molecule has 2 heterocycles. The molecule has 112 valence electrons. The molecule has 1 fully saturated rings. The van der Waals surface area contributed by atoms with Gasteiger partial charge in [-0.3, -0.25) is 10.1 Å². The van der Waals surface area contributed by atoms with Gasteiger partial charge in [0.15, 0.2) is 0 Å². The largest absolute Gasteiger partial charge is 0.361 e. The van der Waals surface area contributed by atoms with E-state index in [0.717, 1.165) is 11.9 Å². The Balaban J connectivity index is 1.84. The van der Waals surface area contributed by atoms with Gasteiger partial charge in [-0.15, -0.1) is 0 Å². The normalized spacial score (nSPS) is 23.2. The summed E-state index contributed by atoms with van der Waals surface area (Å²) < 4.78 is 0. The van der Waals surface area contributed by atoms with E-state index < -0.39 is 0 Å². The van der Waals surface area contributed by atoms with E-state index in [0.29, 0.717) is 0 Å². The molecule has 1 aliphatic heterocycles. The third-order valence-electron chi connectivity index (χ3n) is 4.31. The number of benzene rings is 1. The van der Waals surface area contributed by atoms with Gasteiger partial charge in [-0.25, -0.2) is 0 Å². The summed E-state index contributed by atoms with van der Waals surface area (Å²) in [6.45, 7) is 6.47. The zero-order valence-electron chi connectivity index (χ0n) is 13.1. The van der Waals surface area contributed by atoms with Gasteiger partial charge in [0.05, 0.1) is 12.2 Å². The van der Waals surface area contributed by atoms with Gasteiger partial charge in [-0.1, -0.05) is 39.0 Å². The van der Waals surface area contributed by atoms with Gasteiger partial charge in [0, 0.05) is 24.1 Å². The van der Waals surface area contributed by atoms with E-state index in [1.165, 1.54) is 10.9 Å². The summed E-state index contributed by atoms with van der Waals surface area (Å²) in [4.78, 5) is 17.6. The summed E-state index contributed by atoms with van der Waals surface area (Å²) in [7, 11) is 1.89. The van der Waals surface area contributed by atoms with Gasteiger partial charge in [-0.2, -0.15) is 0 Å². The molecule has 2 N–H and O–H groups in total. The quantitative estimate of drug-likeness (QED) is 0.890. The molecule has 2 atom stereocenters. The number of likely N-dealkylation sites (N-methyl/N-ethyl adjacent to an activating group) is 1. The third kappa shape index (κ3) is 2.44. The summed E-state index contributed by atoms with van der Waals surface area (Å²) >= 11 is 0. The van der Waals surface area contributed by atoms with E-state index in [1.807, 2.05) is 30.3 Å². The standard InChI is InChI=1S/C17H23N3O/c1-17(2,3)16-19-14(15(21)20(16)4)9-11-10-18-13-8-6-5-7-12(11)13/h5-8,10,14,16,18-19H,9H2,1-4H3/t14-,16?/m0/s1. The number of carbonyl (C=O) groups is 1. The number of H-pyrrole nitrogens is 1. The van der Waals surface area contributed by atoms with Gasteiger partial charge in [-0.05, 0) is 23.5 Å². The maximum Gasteiger partial charge on any atom is 0.241 e. The molecule has 3 rings (SSSR count). The molecule has 1 saturated heterocycles. The molecular formula is C17H23N3O. The number of amides is 1. The van der Waals surface area contributed by atoms with E-state index in [4.69, 9.17) is 0 Å². The average molecular weight is 285 g/mol. The molecule has 0 saturated carbocycles. The lowest BCUT2D eigenvalue weighted by atomic mass is 9.92. The van der Waals surface area contributed by atoms with Crippen LogP contribution in [-0.4, -0.2) is 35.0 Å². The van der Waals surface area contributed by atoms with Crippen LogP contribution in [-0.2, 0) is 11.2 Å². The fourth-order valence-electron chi connectivity index (χ4n) is 3.24. The lowest BCUT2D eigenvalue weighted by molar-refractivity contribution is -0.129. The van der Waals surface area contributed by atoms with Gasteiger partial charge >= 0.3 is 0 Å². The van der Waals surface area contributed by atoms with Crippen molar-refractivity contribution in [2.24, 2.45) is 5.41 Å². The van der Waals surface area contributed by atoms with E-state index in [-0.39, 0.29) is 23.5 Å². The van der Waals surface area contributed by atoms with Crippen LogP contribution in [0.15, 0.2) is 30.5 Å². The number of hydrogen-bond donors (Lipinski definition) is 2. The second-order valence-corrected chi connectivity index (χ2v) is 7.00. The maximum atomic E-state index is 12.5. The lowest BCUT2D eigenvalue weighted by Gasteiger charge is -2.32. The van der Waals surface area contributed by atoms with E-state index in [1.54, 1.807) is 0 Å².